The number of ether oxygens (including phenoxy) is 2. The molecule has 1 N–H and O–H groups in total. The molecule has 2 atom stereocenters. The number of amides is 2. The van der Waals surface area contributed by atoms with Gasteiger partial charge in [-0.3, -0.25) is 0 Å². The Morgan fingerprint density at radius 3 is 2.67 bits per heavy atom. The zero-order valence-corrected chi connectivity index (χ0v) is 15.8. The SMILES string of the molecule is CC(C)(C)OC(=O)N[C@H]1CN(C(=O)OCc2ccccc2)CC[C@H]1N=[N+]=[N-]. The molecular formula is C18H25N5O4. The largest absolute Gasteiger partial charge is 0.445 e. The lowest BCUT2D eigenvalue weighted by atomic mass is 10.0. The highest BCUT2D eigenvalue weighted by atomic mass is 16.6. The van der Waals surface area contributed by atoms with Crippen LogP contribution < -0.4 is 5.32 Å². The fourth-order valence-corrected chi connectivity index (χ4v) is 2.72. The van der Waals surface area contributed by atoms with Gasteiger partial charge in [-0.2, -0.15) is 0 Å². The molecule has 1 saturated heterocycles. The molecule has 146 valence electrons. The van der Waals surface area contributed by atoms with Crippen molar-refractivity contribution in [2.75, 3.05) is 13.1 Å². The van der Waals surface area contributed by atoms with Crippen LogP contribution in [0.2, 0.25) is 0 Å². The summed E-state index contributed by atoms with van der Waals surface area (Å²) in [5.41, 5.74) is 8.99. The summed E-state index contributed by atoms with van der Waals surface area (Å²) in [7, 11) is 0. The predicted molar refractivity (Wildman–Crippen MR) is 98.9 cm³/mol. The van der Waals surface area contributed by atoms with E-state index in [1.54, 1.807) is 20.8 Å². The first-order chi connectivity index (χ1) is 12.8. The Kier molecular flexibility index (Phi) is 6.90. The number of hydrogen-bond acceptors (Lipinski definition) is 5. The van der Waals surface area contributed by atoms with Gasteiger partial charge in [0.2, 0.25) is 0 Å². The molecular weight excluding hydrogens is 350 g/mol. The molecule has 0 bridgehead atoms. The van der Waals surface area contributed by atoms with Crippen LogP contribution in [0.4, 0.5) is 9.59 Å². The van der Waals surface area contributed by atoms with Crippen LogP contribution in [0.1, 0.15) is 32.8 Å². The van der Waals surface area contributed by atoms with Gasteiger partial charge in [-0.1, -0.05) is 35.4 Å². The quantitative estimate of drug-likeness (QED) is 0.491. The number of azide groups is 1. The van der Waals surface area contributed by atoms with Crippen molar-refractivity contribution in [2.45, 2.75) is 51.5 Å². The van der Waals surface area contributed by atoms with E-state index in [4.69, 9.17) is 15.0 Å². The third-order valence-corrected chi connectivity index (χ3v) is 3.94. The number of carbonyl (C=O) groups is 2. The lowest BCUT2D eigenvalue weighted by Gasteiger charge is -2.36. The van der Waals surface area contributed by atoms with Crippen molar-refractivity contribution in [1.29, 1.82) is 0 Å². The number of hydrogen-bond donors (Lipinski definition) is 1. The summed E-state index contributed by atoms with van der Waals surface area (Å²) >= 11 is 0. The van der Waals surface area contributed by atoms with E-state index in [0.29, 0.717) is 13.0 Å². The van der Waals surface area contributed by atoms with E-state index >= 15 is 0 Å². The van der Waals surface area contributed by atoms with Crippen molar-refractivity contribution in [2.24, 2.45) is 5.11 Å². The normalized spacial score (nSPS) is 19.6. The van der Waals surface area contributed by atoms with Crippen LogP contribution in [-0.4, -0.2) is 47.9 Å². The monoisotopic (exact) mass is 375 g/mol. The zero-order chi connectivity index (χ0) is 19.9. The molecule has 0 aromatic heterocycles. The molecule has 0 spiro atoms. The molecule has 2 amide bonds. The Labute approximate surface area is 158 Å². The molecule has 9 heteroatoms. The maximum Gasteiger partial charge on any atom is 0.410 e. The van der Waals surface area contributed by atoms with Crippen LogP contribution in [0.5, 0.6) is 0 Å². The van der Waals surface area contributed by atoms with Crippen molar-refractivity contribution < 1.29 is 19.1 Å². The van der Waals surface area contributed by atoms with Crippen molar-refractivity contribution >= 4 is 12.2 Å². The van der Waals surface area contributed by atoms with Crippen LogP contribution in [0.15, 0.2) is 35.4 Å². The van der Waals surface area contributed by atoms with Gasteiger partial charge in [-0.25, -0.2) is 9.59 Å². The first-order valence-electron chi connectivity index (χ1n) is 8.78. The fraction of sp³-hybridized carbons (Fsp3) is 0.556. The summed E-state index contributed by atoms with van der Waals surface area (Å²) in [4.78, 5) is 28.7. The Balaban J connectivity index is 1.96. The van der Waals surface area contributed by atoms with E-state index in [9.17, 15) is 9.59 Å². The molecule has 0 saturated carbocycles. The molecule has 0 aliphatic carbocycles. The standard InChI is InChI=1S/C18H25N5O4/c1-18(2,3)27-16(24)20-15-11-23(10-9-14(15)21-22-19)17(25)26-12-13-7-5-4-6-8-13/h4-8,14-15H,9-12H2,1-3H3,(H,20,24)/t14-,15+/m1/s1. The molecule has 1 aliphatic rings. The van der Waals surface area contributed by atoms with Gasteiger partial charge in [0, 0.05) is 18.0 Å². The average molecular weight is 375 g/mol. The number of rotatable bonds is 4. The van der Waals surface area contributed by atoms with Crippen molar-refractivity contribution in [3.8, 4) is 0 Å². The molecule has 1 fully saturated rings. The molecule has 27 heavy (non-hydrogen) atoms. The Morgan fingerprint density at radius 2 is 2.04 bits per heavy atom. The molecule has 2 rings (SSSR count). The predicted octanol–water partition coefficient (Wildman–Crippen LogP) is 3.60. The smallest absolute Gasteiger partial charge is 0.410 e. The van der Waals surface area contributed by atoms with Crippen molar-refractivity contribution in [1.82, 2.24) is 10.2 Å². The molecule has 1 aliphatic heterocycles. The summed E-state index contributed by atoms with van der Waals surface area (Å²) in [6.07, 6.45) is -0.676. The number of alkyl carbamates (subject to hydrolysis) is 1. The average Bonchev–Trinajstić information content (AvgIpc) is 2.60. The minimum absolute atomic E-state index is 0.167. The first-order valence-corrected chi connectivity index (χ1v) is 8.78. The third-order valence-electron chi connectivity index (χ3n) is 3.94. The summed E-state index contributed by atoms with van der Waals surface area (Å²) in [6, 6.07) is 8.36. The van der Waals surface area contributed by atoms with Gasteiger partial charge in [0.1, 0.15) is 12.2 Å². The second kappa shape index (κ2) is 9.14. The van der Waals surface area contributed by atoms with Crippen LogP contribution in [0.3, 0.4) is 0 Å². The lowest BCUT2D eigenvalue weighted by molar-refractivity contribution is 0.0434. The number of carbonyl (C=O) groups excluding carboxylic acids is 2. The van der Waals surface area contributed by atoms with Gasteiger partial charge in [0.25, 0.3) is 0 Å². The highest BCUT2D eigenvalue weighted by molar-refractivity contribution is 5.70. The number of piperidine rings is 1. The first kappa shape index (κ1) is 20.4. The van der Waals surface area contributed by atoms with Crippen LogP contribution >= 0.6 is 0 Å². The van der Waals surface area contributed by atoms with Crippen molar-refractivity contribution in [3.63, 3.8) is 0 Å². The van der Waals surface area contributed by atoms with E-state index < -0.39 is 29.9 Å². The van der Waals surface area contributed by atoms with E-state index in [0.717, 1.165) is 5.56 Å². The van der Waals surface area contributed by atoms with Crippen LogP contribution in [0, 0.1) is 0 Å². The highest BCUT2D eigenvalue weighted by Gasteiger charge is 2.33. The highest BCUT2D eigenvalue weighted by Crippen LogP contribution is 2.17. The van der Waals surface area contributed by atoms with Crippen LogP contribution in [-0.2, 0) is 16.1 Å². The van der Waals surface area contributed by atoms with E-state index in [1.807, 2.05) is 30.3 Å². The van der Waals surface area contributed by atoms with Gasteiger partial charge in [0.15, 0.2) is 0 Å². The Morgan fingerprint density at radius 1 is 1.33 bits per heavy atom. The molecule has 0 radical (unpaired) electrons. The lowest BCUT2D eigenvalue weighted by Crippen LogP contribution is -2.56. The summed E-state index contributed by atoms with van der Waals surface area (Å²) in [5.74, 6) is 0. The maximum absolute atomic E-state index is 12.4. The van der Waals surface area contributed by atoms with Gasteiger partial charge in [0.05, 0.1) is 12.1 Å². The van der Waals surface area contributed by atoms with Gasteiger partial charge in [-0.05, 0) is 38.3 Å². The summed E-state index contributed by atoms with van der Waals surface area (Å²) in [6.45, 7) is 5.99. The van der Waals surface area contributed by atoms with Gasteiger partial charge in [-0.15, -0.1) is 0 Å². The minimum atomic E-state index is -0.652. The van der Waals surface area contributed by atoms with Crippen molar-refractivity contribution in [3.05, 3.63) is 46.3 Å². The Hall–Kier alpha value is -2.93. The van der Waals surface area contributed by atoms with E-state index in [-0.39, 0.29) is 13.2 Å². The van der Waals surface area contributed by atoms with Gasteiger partial charge >= 0.3 is 12.2 Å². The van der Waals surface area contributed by atoms with Crippen LogP contribution in [0.25, 0.3) is 10.4 Å². The molecule has 0 unspecified atom stereocenters. The number of nitrogens with zero attached hydrogens (tertiary/aromatic N) is 4. The van der Waals surface area contributed by atoms with E-state index in [1.165, 1.54) is 4.90 Å². The zero-order valence-electron chi connectivity index (χ0n) is 15.8. The molecule has 9 nitrogen and oxygen atoms in total. The minimum Gasteiger partial charge on any atom is -0.445 e. The van der Waals surface area contributed by atoms with E-state index in [2.05, 4.69) is 15.3 Å². The fourth-order valence-electron chi connectivity index (χ4n) is 2.72. The Bertz CT molecular complexity index is 697. The summed E-state index contributed by atoms with van der Waals surface area (Å²) in [5, 5.41) is 6.43. The number of nitrogens with one attached hydrogen (secondary N) is 1. The van der Waals surface area contributed by atoms with Gasteiger partial charge < -0.3 is 19.7 Å². The number of benzene rings is 1. The molecule has 1 aromatic rings. The second-order valence-electron chi connectivity index (χ2n) is 7.30. The molecule has 1 heterocycles. The maximum atomic E-state index is 12.4. The third kappa shape index (κ3) is 6.71. The summed E-state index contributed by atoms with van der Waals surface area (Å²) < 4.78 is 10.6. The number of likely N-dealkylation sites (tertiary alicyclic amines) is 1. The topological polar surface area (TPSA) is 117 Å². The molecule has 1 aromatic carbocycles. The second-order valence-corrected chi connectivity index (χ2v) is 7.30.